The highest BCUT2D eigenvalue weighted by atomic mass is 35.5. The van der Waals surface area contributed by atoms with Gasteiger partial charge in [0.2, 0.25) is 11.8 Å². The van der Waals surface area contributed by atoms with Crippen LogP contribution in [-0.2, 0) is 22.7 Å². The second-order valence-electron chi connectivity index (χ2n) is 10.5. The average molecular weight is 596 g/mol. The van der Waals surface area contributed by atoms with Crippen LogP contribution in [0, 0.1) is 11.6 Å². The number of carbonyl (C=O) groups excluding carboxylic acids is 3. The number of alkyl halides is 1. The van der Waals surface area contributed by atoms with E-state index in [-0.39, 0.29) is 60.7 Å². The van der Waals surface area contributed by atoms with Crippen LogP contribution >= 0.6 is 11.6 Å². The molecule has 1 aromatic carbocycles. The van der Waals surface area contributed by atoms with Crippen LogP contribution in [0.15, 0.2) is 36.7 Å². The molecule has 0 bridgehead atoms. The lowest BCUT2D eigenvalue weighted by Gasteiger charge is -2.35. The number of nitrogens with one attached hydrogen (secondary N) is 1. The van der Waals surface area contributed by atoms with Gasteiger partial charge < -0.3 is 9.80 Å². The molecule has 1 N–H and O–H groups in total. The predicted octanol–water partition coefficient (Wildman–Crippen LogP) is 3.39. The van der Waals surface area contributed by atoms with Gasteiger partial charge in [0.05, 0.1) is 49.3 Å². The summed E-state index contributed by atoms with van der Waals surface area (Å²) in [4.78, 5) is 48.8. The third kappa shape index (κ3) is 4.26. The second kappa shape index (κ2) is 9.79. The molecule has 0 aliphatic carbocycles. The second-order valence-corrected chi connectivity index (χ2v) is 10.9. The van der Waals surface area contributed by atoms with Crippen molar-refractivity contribution in [2.45, 2.75) is 38.1 Å². The van der Waals surface area contributed by atoms with Crippen molar-refractivity contribution in [1.29, 1.82) is 0 Å². The topological polar surface area (TPSA) is 113 Å². The minimum atomic E-state index is -0.994. The van der Waals surface area contributed by atoms with Crippen molar-refractivity contribution < 1.29 is 27.6 Å². The standard InChI is InChI=1S/C28H21ClF3N7O3/c29-20-5-14(30)7-33-25(20)17-6-22(37-10-15(31)11-37)35-26-18(17)8-34-39(26)9-13-1-2-16-19(24(13)32)12-38(28(16)42)21-3-4-23(40)36-27(21)41/h1-2,5-8,15,21H,3-4,9-12H2,(H,36,40,41)/t21-/m1/s1. The zero-order valence-corrected chi connectivity index (χ0v) is 22.5. The molecular formula is C28H21ClF3N7O3. The molecule has 0 unspecified atom stereocenters. The maximum absolute atomic E-state index is 15.9. The SMILES string of the molecule is O=C1CC[C@@H](N2Cc3c(ccc(Cn4ncc5c(-c6ncc(F)cc6Cl)cc(N6CC(F)C6)nc54)c3F)C2=O)C(=O)N1. The van der Waals surface area contributed by atoms with Crippen LogP contribution in [0.25, 0.3) is 22.3 Å². The van der Waals surface area contributed by atoms with E-state index in [1.165, 1.54) is 27.9 Å². The Morgan fingerprint density at radius 1 is 1.07 bits per heavy atom. The van der Waals surface area contributed by atoms with Crippen molar-refractivity contribution in [1.82, 2.24) is 30.0 Å². The zero-order valence-electron chi connectivity index (χ0n) is 21.8. The number of fused-ring (bicyclic) bond motifs is 2. The van der Waals surface area contributed by atoms with Gasteiger partial charge in [-0.15, -0.1) is 0 Å². The van der Waals surface area contributed by atoms with E-state index < -0.39 is 41.6 Å². The summed E-state index contributed by atoms with van der Waals surface area (Å²) in [6, 6.07) is 4.97. The minimum absolute atomic E-state index is 0.0541. The number of hydrogen-bond acceptors (Lipinski definition) is 7. The molecule has 0 radical (unpaired) electrons. The van der Waals surface area contributed by atoms with Gasteiger partial charge >= 0.3 is 0 Å². The van der Waals surface area contributed by atoms with Gasteiger partial charge in [-0.3, -0.25) is 24.7 Å². The number of imide groups is 1. The Hall–Kier alpha value is -4.52. The highest BCUT2D eigenvalue weighted by Gasteiger charge is 2.40. The molecule has 3 amide bonds. The number of carbonyl (C=O) groups is 3. The molecule has 0 saturated carbocycles. The maximum atomic E-state index is 15.9. The van der Waals surface area contributed by atoms with E-state index in [2.05, 4.69) is 20.4 Å². The summed E-state index contributed by atoms with van der Waals surface area (Å²) in [5, 5.41) is 7.26. The van der Waals surface area contributed by atoms with Crippen molar-refractivity contribution in [3.8, 4) is 11.3 Å². The lowest BCUT2D eigenvalue weighted by molar-refractivity contribution is -0.136. The number of pyridine rings is 2. The van der Waals surface area contributed by atoms with E-state index >= 15 is 4.39 Å². The first-order valence-electron chi connectivity index (χ1n) is 13.2. The fraction of sp³-hybridized carbons (Fsp3) is 0.286. The number of nitrogens with zero attached hydrogens (tertiary/aromatic N) is 6. The van der Waals surface area contributed by atoms with Crippen molar-refractivity contribution in [3.05, 3.63) is 70.0 Å². The lowest BCUT2D eigenvalue weighted by atomic mass is 10.0. The monoisotopic (exact) mass is 595 g/mol. The summed E-state index contributed by atoms with van der Waals surface area (Å²) in [5.41, 5.74) is 1.70. The minimum Gasteiger partial charge on any atom is -0.351 e. The molecule has 3 aromatic heterocycles. The van der Waals surface area contributed by atoms with Crippen LogP contribution in [0.1, 0.15) is 34.3 Å². The van der Waals surface area contributed by atoms with Crippen molar-refractivity contribution in [2.24, 2.45) is 0 Å². The summed E-state index contributed by atoms with van der Waals surface area (Å²) in [5.74, 6) is -2.23. The van der Waals surface area contributed by atoms with Crippen molar-refractivity contribution >= 4 is 46.2 Å². The molecule has 6 heterocycles. The molecule has 2 saturated heterocycles. The summed E-state index contributed by atoms with van der Waals surface area (Å²) in [7, 11) is 0. The number of amides is 3. The highest BCUT2D eigenvalue weighted by Crippen LogP contribution is 2.36. The summed E-state index contributed by atoms with van der Waals surface area (Å²) in [6.45, 7) is 0.129. The number of benzene rings is 1. The van der Waals surface area contributed by atoms with Crippen LogP contribution in [-0.4, -0.2) is 67.7 Å². The van der Waals surface area contributed by atoms with Crippen molar-refractivity contribution in [3.63, 3.8) is 0 Å². The molecule has 10 nitrogen and oxygen atoms in total. The van der Waals surface area contributed by atoms with Crippen LogP contribution < -0.4 is 10.2 Å². The lowest BCUT2D eigenvalue weighted by Crippen LogP contribution is -2.52. The normalized spacial score (nSPS) is 19.0. The van der Waals surface area contributed by atoms with Gasteiger partial charge in [-0.25, -0.2) is 22.8 Å². The molecular weight excluding hydrogens is 575 g/mol. The molecule has 214 valence electrons. The predicted molar refractivity (Wildman–Crippen MR) is 144 cm³/mol. The first kappa shape index (κ1) is 26.4. The van der Waals surface area contributed by atoms with E-state index in [1.54, 1.807) is 11.0 Å². The van der Waals surface area contributed by atoms with Gasteiger partial charge in [0.15, 0.2) is 5.65 Å². The Balaban J connectivity index is 1.25. The van der Waals surface area contributed by atoms with Gasteiger partial charge in [-0.1, -0.05) is 17.7 Å². The third-order valence-corrected chi connectivity index (χ3v) is 8.16. The number of piperidine rings is 1. The molecule has 14 heteroatoms. The van der Waals surface area contributed by atoms with E-state index in [4.69, 9.17) is 11.6 Å². The smallest absolute Gasteiger partial charge is 0.255 e. The molecule has 42 heavy (non-hydrogen) atoms. The van der Waals surface area contributed by atoms with Gasteiger partial charge in [0.25, 0.3) is 5.91 Å². The van der Waals surface area contributed by atoms with Crippen LogP contribution in [0.2, 0.25) is 5.02 Å². The number of halogens is 4. The first-order chi connectivity index (χ1) is 20.2. The Bertz CT molecular complexity index is 1820. The van der Waals surface area contributed by atoms with Gasteiger partial charge in [0, 0.05) is 34.1 Å². The molecule has 7 rings (SSSR count). The number of aromatic nitrogens is 4. The summed E-state index contributed by atoms with van der Waals surface area (Å²) >= 11 is 6.33. The summed E-state index contributed by atoms with van der Waals surface area (Å²) in [6.07, 6.45) is 1.83. The number of rotatable bonds is 5. The quantitative estimate of drug-likeness (QED) is 0.352. The Morgan fingerprint density at radius 3 is 2.62 bits per heavy atom. The van der Waals surface area contributed by atoms with Crippen molar-refractivity contribution in [2.75, 3.05) is 18.0 Å². The Labute approximate surface area is 241 Å². The molecule has 3 aliphatic heterocycles. The van der Waals surface area contributed by atoms with Crippen LogP contribution in [0.5, 0.6) is 0 Å². The maximum Gasteiger partial charge on any atom is 0.255 e. The van der Waals surface area contributed by atoms with E-state index in [9.17, 15) is 23.2 Å². The van der Waals surface area contributed by atoms with Crippen LogP contribution in [0.4, 0.5) is 19.0 Å². The molecule has 4 aromatic rings. The zero-order chi connectivity index (χ0) is 29.3. The molecule has 1 atom stereocenters. The Morgan fingerprint density at radius 2 is 1.88 bits per heavy atom. The highest BCUT2D eigenvalue weighted by molar-refractivity contribution is 6.33. The Kier molecular flexibility index (Phi) is 6.15. The average Bonchev–Trinajstić information content (AvgIpc) is 3.49. The molecule has 3 aliphatic rings. The molecule has 2 fully saturated rings. The molecule has 0 spiro atoms. The van der Waals surface area contributed by atoms with E-state index in [1.807, 2.05) is 0 Å². The fourth-order valence-corrected chi connectivity index (χ4v) is 5.92. The van der Waals surface area contributed by atoms with E-state index in [0.29, 0.717) is 28.1 Å². The summed E-state index contributed by atoms with van der Waals surface area (Å²) < 4.78 is 44.8. The largest absolute Gasteiger partial charge is 0.351 e. The first-order valence-corrected chi connectivity index (χ1v) is 13.6. The number of hydrogen-bond donors (Lipinski definition) is 1. The van der Waals surface area contributed by atoms with Crippen LogP contribution in [0.3, 0.4) is 0 Å². The van der Waals surface area contributed by atoms with Gasteiger partial charge in [-0.05, 0) is 24.6 Å². The third-order valence-electron chi connectivity index (χ3n) is 7.87. The van der Waals surface area contributed by atoms with E-state index in [0.717, 1.165) is 12.3 Å². The number of anilines is 1. The van der Waals surface area contributed by atoms with Gasteiger partial charge in [-0.2, -0.15) is 5.10 Å². The van der Waals surface area contributed by atoms with Gasteiger partial charge in [0.1, 0.15) is 29.7 Å². The fourth-order valence-electron chi connectivity index (χ4n) is 5.67.